The van der Waals surface area contributed by atoms with E-state index in [1.165, 1.54) is 42.8 Å². The average Bonchev–Trinajstić information content (AvgIpc) is 3.55. The summed E-state index contributed by atoms with van der Waals surface area (Å²) in [5.74, 6) is 0.989. The Labute approximate surface area is 213 Å². The summed E-state index contributed by atoms with van der Waals surface area (Å²) in [4.78, 5) is 6.74. The minimum Gasteiger partial charge on any atom is -0.387 e. The predicted octanol–water partition coefficient (Wildman–Crippen LogP) is 4.57. The van der Waals surface area contributed by atoms with Gasteiger partial charge in [-0.15, -0.1) is 0 Å². The van der Waals surface area contributed by atoms with E-state index in [1.807, 2.05) is 13.1 Å². The van der Waals surface area contributed by atoms with Crippen molar-refractivity contribution in [3.8, 4) is 0 Å². The molecule has 0 spiro atoms. The summed E-state index contributed by atoms with van der Waals surface area (Å²) in [5.41, 5.74) is 3.74. The number of likely N-dealkylation sites (tertiary alicyclic amines) is 1. The Kier molecular flexibility index (Phi) is 8.93. The number of nitrogens with one attached hydrogen (secondary N) is 1. The molecule has 1 saturated carbocycles. The first kappa shape index (κ1) is 25.8. The maximum Gasteiger partial charge on any atom is 0.114 e. The highest BCUT2D eigenvalue weighted by molar-refractivity contribution is 5.38. The number of hydrogen-bond donors (Lipinski definition) is 2. The van der Waals surface area contributed by atoms with Gasteiger partial charge in [-0.3, -0.25) is 4.90 Å². The second-order valence-electron chi connectivity index (χ2n) is 10.2. The number of rotatable bonds is 5. The van der Waals surface area contributed by atoms with E-state index in [4.69, 9.17) is 4.74 Å². The van der Waals surface area contributed by atoms with Gasteiger partial charge in [-0.25, -0.2) is 0 Å². The lowest BCUT2D eigenvalue weighted by Crippen LogP contribution is -2.43. The molecule has 0 radical (unpaired) electrons. The van der Waals surface area contributed by atoms with Crippen molar-refractivity contribution in [3.05, 3.63) is 72.0 Å². The fourth-order valence-corrected chi connectivity index (χ4v) is 5.30. The molecule has 1 saturated heterocycles. The Balaban J connectivity index is 0.000000197. The number of methoxy groups -OCH3 is 1. The molecule has 2 aliphatic carbocycles. The number of fused-ring (bicyclic) bond motifs is 1. The monoisotopic (exact) mass is 482 g/mol. The number of ether oxygens (including phenoxy) is 1. The van der Waals surface area contributed by atoms with Crippen LogP contribution in [0.4, 0.5) is 0 Å². The molecular formula is C29H46N4O2. The van der Waals surface area contributed by atoms with Gasteiger partial charge in [0.2, 0.25) is 0 Å². The predicted molar refractivity (Wildman–Crippen MR) is 145 cm³/mol. The summed E-state index contributed by atoms with van der Waals surface area (Å²) in [6.07, 6.45) is 26.3. The van der Waals surface area contributed by atoms with Gasteiger partial charge in [-0.05, 0) is 51.2 Å². The van der Waals surface area contributed by atoms with E-state index in [9.17, 15) is 5.11 Å². The van der Waals surface area contributed by atoms with Gasteiger partial charge in [0, 0.05) is 71.7 Å². The summed E-state index contributed by atoms with van der Waals surface area (Å²) in [6.45, 7) is 4.17. The first-order valence-electron chi connectivity index (χ1n) is 13.3. The van der Waals surface area contributed by atoms with Gasteiger partial charge in [0.1, 0.15) is 6.23 Å². The highest BCUT2D eigenvalue weighted by Gasteiger charge is 2.44. The van der Waals surface area contributed by atoms with Crippen LogP contribution in [-0.2, 0) is 4.74 Å². The molecule has 35 heavy (non-hydrogen) atoms. The van der Waals surface area contributed by atoms with E-state index in [-0.39, 0.29) is 19.7 Å². The van der Waals surface area contributed by atoms with Crippen LogP contribution >= 0.6 is 0 Å². The van der Waals surface area contributed by atoms with Crippen LogP contribution in [0.25, 0.3) is 0 Å². The number of aliphatic hydroxyl groups is 1. The smallest absolute Gasteiger partial charge is 0.114 e. The topological polar surface area (TPSA) is 51.2 Å². The first-order valence-corrected chi connectivity index (χ1v) is 13.3. The average molecular weight is 483 g/mol. The van der Waals surface area contributed by atoms with Crippen molar-refractivity contribution in [2.24, 2.45) is 11.8 Å². The van der Waals surface area contributed by atoms with E-state index >= 15 is 0 Å². The number of hydrogen-bond acceptors (Lipinski definition) is 6. The molecule has 2 fully saturated rings. The Hall–Kier alpha value is -2.28. The van der Waals surface area contributed by atoms with Crippen molar-refractivity contribution in [2.45, 2.75) is 63.8 Å². The molecule has 194 valence electrons. The van der Waals surface area contributed by atoms with Crippen LogP contribution < -0.4 is 5.32 Å². The zero-order chi connectivity index (χ0) is 24.8. The van der Waals surface area contributed by atoms with Crippen molar-refractivity contribution in [1.82, 2.24) is 20.0 Å². The molecule has 5 aliphatic rings. The molecule has 0 amide bonds. The quantitative estimate of drug-likeness (QED) is 0.599. The van der Waals surface area contributed by atoms with Crippen LogP contribution in [0.1, 0.15) is 46.9 Å². The molecule has 3 aliphatic heterocycles. The molecule has 0 aromatic rings. The molecule has 5 atom stereocenters. The minimum atomic E-state index is -0.350. The van der Waals surface area contributed by atoms with Gasteiger partial charge in [-0.1, -0.05) is 36.8 Å². The highest BCUT2D eigenvalue weighted by Crippen LogP contribution is 2.45. The first-order chi connectivity index (χ1) is 17.0. The third-order valence-electron chi connectivity index (χ3n) is 7.85. The van der Waals surface area contributed by atoms with Crippen molar-refractivity contribution < 1.29 is 11.3 Å². The summed E-state index contributed by atoms with van der Waals surface area (Å²) >= 11 is 0. The standard InChI is InChI=1S/C16H26N2O.C13H18N2O.H2/c1-14-9-10-15(8-4-7-11-17(14)2)16(19)18-12-5-3-6-13-18;1-14-11-8-10(16-2)3-4-12(11)15-6-5-9-7-13(9)15;/h4,7-9,11,15-16,19H,3,5-6,10,12-13H2,1-2H3;4-6,8-10,13-14H,3,7H2,1-2H3;1H/b8-4+,11-7-,14-9+;;. The lowest BCUT2D eigenvalue weighted by molar-refractivity contribution is -0.0354. The zero-order valence-electron chi connectivity index (χ0n) is 21.9. The Morgan fingerprint density at radius 2 is 1.89 bits per heavy atom. The van der Waals surface area contributed by atoms with Crippen LogP contribution in [0.2, 0.25) is 0 Å². The molecule has 6 nitrogen and oxygen atoms in total. The normalized spacial score (nSPS) is 34.5. The highest BCUT2D eigenvalue weighted by atomic mass is 16.5. The van der Waals surface area contributed by atoms with Crippen LogP contribution in [0, 0.1) is 11.8 Å². The van der Waals surface area contributed by atoms with Crippen LogP contribution in [-0.4, -0.2) is 72.5 Å². The molecule has 0 aromatic heterocycles. The fourth-order valence-electron chi connectivity index (χ4n) is 5.30. The Morgan fingerprint density at radius 1 is 1.09 bits per heavy atom. The summed E-state index contributed by atoms with van der Waals surface area (Å²) in [5, 5.41) is 13.8. The molecule has 2 N–H and O–H groups in total. The third kappa shape index (κ3) is 6.49. The van der Waals surface area contributed by atoms with Crippen LogP contribution in [0.3, 0.4) is 0 Å². The van der Waals surface area contributed by atoms with Gasteiger partial charge in [0.05, 0.1) is 17.5 Å². The van der Waals surface area contributed by atoms with E-state index in [0.29, 0.717) is 0 Å². The summed E-state index contributed by atoms with van der Waals surface area (Å²) in [6, 6.07) is 0.724. The lowest BCUT2D eigenvalue weighted by Gasteiger charge is -2.34. The number of likely N-dealkylation sites (N-methyl/N-ethyl adjacent to an activating group) is 1. The Bertz CT molecular complexity index is 903. The van der Waals surface area contributed by atoms with Crippen molar-refractivity contribution in [3.63, 3.8) is 0 Å². The van der Waals surface area contributed by atoms with Crippen molar-refractivity contribution in [2.75, 3.05) is 34.3 Å². The fraction of sp³-hybridized carbons (Fsp3) is 0.586. The molecule has 3 heterocycles. The van der Waals surface area contributed by atoms with E-state index in [2.05, 4.69) is 82.8 Å². The lowest BCUT2D eigenvalue weighted by atomic mass is 9.99. The minimum absolute atomic E-state index is 0. The van der Waals surface area contributed by atoms with E-state index in [1.54, 1.807) is 7.11 Å². The van der Waals surface area contributed by atoms with Gasteiger partial charge < -0.3 is 25.0 Å². The van der Waals surface area contributed by atoms with Gasteiger partial charge >= 0.3 is 0 Å². The second-order valence-corrected chi connectivity index (χ2v) is 10.2. The summed E-state index contributed by atoms with van der Waals surface area (Å²) < 4.78 is 5.37. The Morgan fingerprint density at radius 3 is 2.54 bits per heavy atom. The van der Waals surface area contributed by atoms with E-state index < -0.39 is 0 Å². The number of aliphatic hydroxyl groups excluding tert-OH is 1. The second kappa shape index (κ2) is 12.1. The zero-order valence-corrected chi connectivity index (χ0v) is 21.9. The number of piperidine rings is 1. The van der Waals surface area contributed by atoms with Gasteiger partial charge in [0.15, 0.2) is 0 Å². The van der Waals surface area contributed by atoms with E-state index in [0.717, 1.165) is 37.9 Å². The molecule has 5 rings (SSSR count). The van der Waals surface area contributed by atoms with Crippen LogP contribution in [0.5, 0.6) is 0 Å². The van der Waals surface area contributed by atoms with Gasteiger partial charge in [-0.2, -0.15) is 0 Å². The van der Waals surface area contributed by atoms with Crippen molar-refractivity contribution >= 4 is 0 Å². The molecule has 6 heteroatoms. The van der Waals surface area contributed by atoms with Gasteiger partial charge in [0.25, 0.3) is 0 Å². The van der Waals surface area contributed by atoms with Crippen LogP contribution in [0.15, 0.2) is 72.0 Å². The van der Waals surface area contributed by atoms with Crippen molar-refractivity contribution in [1.29, 1.82) is 0 Å². The maximum absolute atomic E-state index is 10.6. The molecule has 5 unspecified atom stereocenters. The third-order valence-corrected chi connectivity index (χ3v) is 7.85. The number of nitrogens with zero attached hydrogens (tertiary/aromatic N) is 3. The summed E-state index contributed by atoms with van der Waals surface area (Å²) in [7, 11) is 5.79. The molecule has 0 bridgehead atoms. The molecular weight excluding hydrogens is 436 g/mol. The number of allylic oxidation sites excluding steroid dienone is 4. The maximum atomic E-state index is 10.6. The largest absolute Gasteiger partial charge is 0.387 e. The molecule has 0 aromatic carbocycles. The SMILES string of the molecule is C/C1=C\CC(C(O)N2CCCCC2)/C=C/C=C\N1C.CNC1=CC(OC)CC=C1N1C=CC2CC21.[HH].